The highest BCUT2D eigenvalue weighted by molar-refractivity contribution is 5.74. The highest BCUT2D eigenvalue weighted by Crippen LogP contribution is 2.36. The summed E-state index contributed by atoms with van der Waals surface area (Å²) in [5.41, 5.74) is 6.33. The maximum atomic E-state index is 8.91. The van der Waals surface area contributed by atoms with Crippen LogP contribution in [0.5, 0.6) is 0 Å². The largest absolute Gasteiger partial charge is 0.212 e. The number of rotatable bonds is 3. The molecule has 1 fully saturated rings. The van der Waals surface area contributed by atoms with Gasteiger partial charge >= 0.3 is 0 Å². The van der Waals surface area contributed by atoms with Gasteiger partial charge < -0.3 is 0 Å². The molecule has 0 spiro atoms. The van der Waals surface area contributed by atoms with Crippen molar-refractivity contribution in [2.24, 2.45) is 7.05 Å². The van der Waals surface area contributed by atoms with E-state index in [0.29, 0.717) is 5.56 Å². The molecular formula is C25H28N+. The lowest BCUT2D eigenvalue weighted by Crippen LogP contribution is -2.31. The molecule has 1 heterocycles. The molecule has 0 radical (unpaired) electrons. The van der Waals surface area contributed by atoms with Gasteiger partial charge in [0.25, 0.3) is 0 Å². The van der Waals surface area contributed by atoms with Gasteiger partial charge in [-0.1, -0.05) is 49.2 Å². The summed E-state index contributed by atoms with van der Waals surface area (Å²) in [6.07, 6.45) is 6.08. The lowest BCUT2D eigenvalue weighted by Gasteiger charge is -2.13. The Balaban J connectivity index is 1.85. The van der Waals surface area contributed by atoms with Gasteiger partial charge in [0.05, 0.1) is 0 Å². The van der Waals surface area contributed by atoms with E-state index in [0.717, 1.165) is 59.2 Å². The molecule has 26 heavy (non-hydrogen) atoms. The van der Waals surface area contributed by atoms with Crippen LogP contribution in [0.4, 0.5) is 0 Å². The van der Waals surface area contributed by atoms with Crippen LogP contribution < -0.4 is 4.57 Å². The maximum Gasteiger partial charge on any atom is 0.212 e. The van der Waals surface area contributed by atoms with Gasteiger partial charge in [-0.25, -0.2) is 4.57 Å². The highest BCUT2D eigenvalue weighted by Gasteiger charge is 2.21. The van der Waals surface area contributed by atoms with E-state index in [1.807, 2.05) is 31.4 Å². The molecule has 4 rings (SSSR count). The van der Waals surface area contributed by atoms with Gasteiger partial charge in [-0.05, 0) is 66.4 Å². The summed E-state index contributed by atoms with van der Waals surface area (Å²) >= 11 is 0. The van der Waals surface area contributed by atoms with Crippen molar-refractivity contribution in [2.45, 2.75) is 45.4 Å². The van der Waals surface area contributed by atoms with Crippen molar-refractivity contribution in [3.63, 3.8) is 0 Å². The highest BCUT2D eigenvalue weighted by atomic mass is 14.9. The Hall–Kier alpha value is -2.41. The topological polar surface area (TPSA) is 3.88 Å². The summed E-state index contributed by atoms with van der Waals surface area (Å²) in [5, 5.41) is 0. The van der Waals surface area contributed by atoms with Gasteiger partial charge in [-0.3, -0.25) is 0 Å². The summed E-state index contributed by atoms with van der Waals surface area (Å²) < 4.78 is 34.7. The van der Waals surface area contributed by atoms with Crippen LogP contribution in [0.3, 0.4) is 0 Å². The number of aryl methyl sites for hydroxylation is 3. The number of benzene rings is 2. The van der Waals surface area contributed by atoms with Gasteiger partial charge in [0.1, 0.15) is 7.05 Å². The van der Waals surface area contributed by atoms with Crippen LogP contribution in [0.2, 0.25) is 0 Å². The van der Waals surface area contributed by atoms with Crippen molar-refractivity contribution in [3.05, 3.63) is 77.5 Å². The number of hydrogen-bond donors (Lipinski definition) is 0. The minimum atomic E-state index is -2.16. The van der Waals surface area contributed by atoms with Gasteiger partial charge in [-0.15, -0.1) is 0 Å². The van der Waals surface area contributed by atoms with E-state index in [2.05, 4.69) is 35.8 Å². The molecule has 1 aromatic heterocycles. The van der Waals surface area contributed by atoms with Crippen LogP contribution in [0, 0.1) is 13.8 Å². The zero-order chi connectivity index (χ0) is 21.5. The fraction of sp³-hybridized carbons (Fsp3) is 0.320. The van der Waals surface area contributed by atoms with E-state index in [1.165, 1.54) is 0 Å². The minimum absolute atomic E-state index is 0.369. The summed E-state index contributed by atoms with van der Waals surface area (Å²) in [5.74, 6) is -0.498. The van der Waals surface area contributed by atoms with Gasteiger partial charge in [0.15, 0.2) is 6.20 Å². The lowest BCUT2D eigenvalue weighted by atomic mass is 9.93. The Labute approximate surface area is 163 Å². The molecule has 1 aliphatic carbocycles. The first kappa shape index (κ1) is 12.9. The zero-order valence-corrected chi connectivity index (χ0v) is 15.5. The van der Waals surface area contributed by atoms with Crippen LogP contribution in [-0.4, -0.2) is 0 Å². The smallest absolute Gasteiger partial charge is 0.201 e. The van der Waals surface area contributed by atoms with E-state index >= 15 is 0 Å². The monoisotopic (exact) mass is 346 g/mol. The molecule has 0 atom stereocenters. The van der Waals surface area contributed by atoms with Gasteiger partial charge in [-0.2, -0.15) is 0 Å². The Morgan fingerprint density at radius 3 is 2.58 bits per heavy atom. The number of nitrogens with zero attached hydrogens (tertiary/aromatic N) is 1. The third-order valence-electron chi connectivity index (χ3n) is 5.52. The molecule has 132 valence electrons. The molecule has 2 aromatic carbocycles. The van der Waals surface area contributed by atoms with Crippen molar-refractivity contribution >= 4 is 0 Å². The van der Waals surface area contributed by atoms with E-state index in [9.17, 15) is 0 Å². The van der Waals surface area contributed by atoms with Crippen molar-refractivity contribution < 1.29 is 10.1 Å². The molecule has 0 unspecified atom stereocenters. The van der Waals surface area contributed by atoms with Crippen LogP contribution in [0.15, 0.2) is 60.8 Å². The molecule has 0 saturated heterocycles. The quantitative estimate of drug-likeness (QED) is 0.503. The third-order valence-corrected chi connectivity index (χ3v) is 5.52. The first-order chi connectivity index (χ1) is 14.2. The Morgan fingerprint density at radius 1 is 0.962 bits per heavy atom. The second-order valence-electron chi connectivity index (χ2n) is 7.30. The fourth-order valence-electron chi connectivity index (χ4n) is 3.95. The molecule has 1 saturated carbocycles. The molecule has 0 amide bonds. The van der Waals surface area contributed by atoms with Crippen molar-refractivity contribution in [1.29, 1.82) is 0 Å². The van der Waals surface area contributed by atoms with Gasteiger partial charge in [0, 0.05) is 23.2 Å². The van der Waals surface area contributed by atoms with Gasteiger partial charge in [0.2, 0.25) is 5.69 Å². The summed E-state index contributed by atoms with van der Waals surface area (Å²) in [6, 6.07) is 17.6. The molecular weight excluding hydrogens is 314 g/mol. The Morgan fingerprint density at radius 2 is 1.77 bits per heavy atom. The second kappa shape index (κ2) is 7.07. The van der Waals surface area contributed by atoms with Crippen molar-refractivity contribution in [2.75, 3.05) is 0 Å². The summed E-state index contributed by atoms with van der Waals surface area (Å²) in [6.45, 7) is -0.0835. The van der Waals surface area contributed by atoms with Crippen molar-refractivity contribution in [1.82, 2.24) is 0 Å². The number of hydrogen-bond acceptors (Lipinski definition) is 0. The number of aromatic nitrogens is 1. The van der Waals surface area contributed by atoms with Crippen LogP contribution >= 0.6 is 0 Å². The predicted molar refractivity (Wildman–Crippen MR) is 109 cm³/mol. The first-order valence-corrected chi connectivity index (χ1v) is 9.40. The first-order valence-electron chi connectivity index (χ1n) is 11.4. The minimum Gasteiger partial charge on any atom is -0.201 e. The molecule has 1 aliphatic rings. The van der Waals surface area contributed by atoms with Crippen LogP contribution in [0.1, 0.15) is 53.8 Å². The van der Waals surface area contributed by atoms with E-state index in [-0.39, 0.29) is 0 Å². The summed E-state index contributed by atoms with van der Waals surface area (Å²) in [7, 11) is 2.02. The molecule has 0 aliphatic heterocycles. The van der Waals surface area contributed by atoms with E-state index in [1.54, 1.807) is 12.1 Å². The summed E-state index contributed by atoms with van der Waals surface area (Å²) in [4.78, 5) is 0. The molecule has 1 heteroatoms. The average molecular weight is 347 g/mol. The second-order valence-corrected chi connectivity index (χ2v) is 7.30. The van der Waals surface area contributed by atoms with E-state index in [4.69, 9.17) is 5.48 Å². The van der Waals surface area contributed by atoms with Crippen LogP contribution in [-0.2, 0) is 7.05 Å². The lowest BCUT2D eigenvalue weighted by molar-refractivity contribution is -0.660. The normalized spacial score (nSPS) is 18.7. The molecule has 3 aromatic rings. The van der Waals surface area contributed by atoms with Crippen molar-refractivity contribution in [3.8, 4) is 22.4 Å². The Bertz CT molecular complexity index is 1080. The maximum absolute atomic E-state index is 8.91. The molecule has 1 nitrogen and oxygen atoms in total. The molecule has 0 N–H and O–H groups in total. The zero-order valence-electron chi connectivity index (χ0n) is 19.5. The predicted octanol–water partition coefficient (Wildman–Crippen LogP) is 6.12. The number of pyridine rings is 1. The SMILES string of the molecule is [2H]C([2H])([2H])c1ccccc1-c1ccc(C)c(-c2cc(C3([2H])CCCC3)cc[n+]2C)c1. The standard InChI is InChI=1S/C25H28N/c1-18-8-4-7-11-23(18)22-13-12-19(2)24(16-22)25-17-21(14-15-26(25)3)20-9-5-6-10-20/h4,7-8,11-17,20H,5-6,9-10H2,1-3H3/q+1/i1D3,20D. The molecule has 0 bridgehead atoms. The average Bonchev–Trinajstić information content (AvgIpc) is 3.16. The third kappa shape index (κ3) is 3.19. The Kier molecular flexibility index (Phi) is 3.50. The van der Waals surface area contributed by atoms with Crippen LogP contribution in [0.25, 0.3) is 22.4 Å². The fourth-order valence-corrected chi connectivity index (χ4v) is 3.95. The van der Waals surface area contributed by atoms with E-state index < -0.39 is 12.7 Å².